The molecule has 0 spiro atoms. The Hall–Kier alpha value is -2.31. The van der Waals surface area contributed by atoms with Gasteiger partial charge in [0.2, 0.25) is 0 Å². The lowest BCUT2D eigenvalue weighted by Gasteiger charge is -2.11. The van der Waals surface area contributed by atoms with E-state index in [0.717, 1.165) is 24.3 Å². The third kappa shape index (κ3) is 3.34. The average Bonchev–Trinajstić information content (AvgIpc) is 3.36. The van der Waals surface area contributed by atoms with Crippen molar-refractivity contribution in [2.24, 2.45) is 0 Å². The van der Waals surface area contributed by atoms with E-state index >= 15 is 0 Å². The Morgan fingerprint density at radius 2 is 1.88 bits per heavy atom. The van der Waals surface area contributed by atoms with Gasteiger partial charge in [-0.1, -0.05) is 17.7 Å². The van der Waals surface area contributed by atoms with Crippen molar-refractivity contribution in [3.8, 4) is 11.3 Å². The molecule has 0 amide bonds. The molecular weight excluding hydrogens is 372 g/mol. The van der Waals surface area contributed by atoms with Crippen LogP contribution in [0.3, 0.4) is 0 Å². The SMILES string of the molecule is Cc1c(Cl)cccc1NS(=O)(=O)c1ccc(-c2cnc(C3CC3)o2)cc1. The van der Waals surface area contributed by atoms with Crippen molar-refractivity contribution in [3.63, 3.8) is 0 Å². The summed E-state index contributed by atoms with van der Waals surface area (Å²) in [5, 5.41) is 0.511. The summed E-state index contributed by atoms with van der Waals surface area (Å²) >= 11 is 6.05. The first-order chi connectivity index (χ1) is 12.4. The minimum absolute atomic E-state index is 0.169. The molecule has 0 unspecified atom stereocenters. The molecule has 0 radical (unpaired) electrons. The monoisotopic (exact) mass is 388 g/mol. The number of anilines is 1. The van der Waals surface area contributed by atoms with Crippen LogP contribution in [0.5, 0.6) is 0 Å². The maximum absolute atomic E-state index is 12.6. The Bertz CT molecular complexity index is 1050. The molecule has 5 nitrogen and oxygen atoms in total. The number of rotatable bonds is 5. The molecule has 4 rings (SSSR count). The van der Waals surface area contributed by atoms with Gasteiger partial charge in [-0.3, -0.25) is 4.72 Å². The van der Waals surface area contributed by atoms with Crippen molar-refractivity contribution in [3.05, 3.63) is 65.1 Å². The van der Waals surface area contributed by atoms with Crippen molar-refractivity contribution in [2.45, 2.75) is 30.6 Å². The molecule has 1 aliphatic carbocycles. The van der Waals surface area contributed by atoms with Crippen LogP contribution < -0.4 is 4.72 Å². The maximum atomic E-state index is 12.6. The fourth-order valence-electron chi connectivity index (χ4n) is 2.66. The van der Waals surface area contributed by atoms with E-state index in [9.17, 15) is 8.42 Å². The van der Waals surface area contributed by atoms with E-state index in [0.29, 0.717) is 28.0 Å². The van der Waals surface area contributed by atoms with Crippen LogP contribution in [0.1, 0.15) is 30.2 Å². The number of nitrogens with zero attached hydrogens (tertiary/aromatic N) is 1. The second-order valence-corrected chi connectivity index (χ2v) is 8.47. The van der Waals surface area contributed by atoms with Crippen LogP contribution in [0.15, 0.2) is 58.0 Å². The zero-order valence-corrected chi connectivity index (χ0v) is 15.6. The standard InChI is InChI=1S/C19H17ClN2O3S/c1-12-16(20)3-2-4-17(12)22-26(23,24)15-9-7-13(8-10-15)18-11-21-19(25-18)14-5-6-14/h2-4,7-11,14,22H,5-6H2,1H3. The number of nitrogens with one attached hydrogen (secondary N) is 1. The van der Waals surface area contributed by atoms with Crippen LogP contribution >= 0.6 is 11.6 Å². The van der Waals surface area contributed by atoms with Crippen molar-refractivity contribution >= 4 is 27.3 Å². The number of aromatic nitrogens is 1. The molecule has 1 aliphatic rings. The van der Waals surface area contributed by atoms with Gasteiger partial charge in [-0.2, -0.15) is 0 Å². The van der Waals surface area contributed by atoms with Crippen LogP contribution in [0.4, 0.5) is 5.69 Å². The van der Waals surface area contributed by atoms with Crippen molar-refractivity contribution in [2.75, 3.05) is 4.72 Å². The average molecular weight is 389 g/mol. The minimum atomic E-state index is -3.70. The van der Waals surface area contributed by atoms with Gasteiger partial charge in [0.05, 0.1) is 16.8 Å². The van der Waals surface area contributed by atoms with E-state index in [4.69, 9.17) is 16.0 Å². The minimum Gasteiger partial charge on any atom is -0.440 e. The number of oxazole rings is 1. The second kappa shape index (κ2) is 6.45. The van der Waals surface area contributed by atoms with Crippen LogP contribution in [-0.4, -0.2) is 13.4 Å². The normalized spacial score (nSPS) is 14.4. The lowest BCUT2D eigenvalue weighted by molar-refractivity contribution is 0.509. The molecule has 0 bridgehead atoms. The van der Waals surface area contributed by atoms with Crippen LogP contribution in [0.25, 0.3) is 11.3 Å². The van der Waals surface area contributed by atoms with Crippen molar-refractivity contribution < 1.29 is 12.8 Å². The predicted molar refractivity (Wildman–Crippen MR) is 101 cm³/mol. The highest BCUT2D eigenvalue weighted by atomic mass is 35.5. The smallest absolute Gasteiger partial charge is 0.261 e. The van der Waals surface area contributed by atoms with Gasteiger partial charge in [0, 0.05) is 16.5 Å². The Morgan fingerprint density at radius 3 is 2.58 bits per heavy atom. The first-order valence-electron chi connectivity index (χ1n) is 8.28. The molecule has 0 saturated heterocycles. The molecule has 26 heavy (non-hydrogen) atoms. The van der Waals surface area contributed by atoms with Gasteiger partial charge in [0.1, 0.15) is 0 Å². The predicted octanol–water partition coefficient (Wildman–Crippen LogP) is 4.98. The van der Waals surface area contributed by atoms with E-state index in [1.54, 1.807) is 55.6 Å². The molecule has 134 valence electrons. The Morgan fingerprint density at radius 1 is 1.15 bits per heavy atom. The highest BCUT2D eigenvalue weighted by molar-refractivity contribution is 7.92. The van der Waals surface area contributed by atoms with E-state index < -0.39 is 10.0 Å². The quantitative estimate of drug-likeness (QED) is 0.668. The van der Waals surface area contributed by atoms with Crippen molar-refractivity contribution in [1.29, 1.82) is 0 Å². The molecule has 7 heteroatoms. The molecule has 2 aromatic carbocycles. The summed E-state index contributed by atoms with van der Waals surface area (Å²) in [6, 6.07) is 11.6. The Kier molecular flexibility index (Phi) is 4.25. The van der Waals surface area contributed by atoms with Gasteiger partial charge in [0.25, 0.3) is 10.0 Å². The summed E-state index contributed by atoms with van der Waals surface area (Å²) in [7, 11) is -3.70. The number of benzene rings is 2. The third-order valence-electron chi connectivity index (χ3n) is 4.41. The fourth-order valence-corrected chi connectivity index (χ4v) is 3.96. The molecule has 1 heterocycles. The Labute approximate surface area is 157 Å². The van der Waals surface area contributed by atoms with Crippen molar-refractivity contribution in [1.82, 2.24) is 4.98 Å². The number of sulfonamides is 1. The molecule has 1 fully saturated rings. The van der Waals surface area contributed by atoms with Crippen LogP contribution in [-0.2, 0) is 10.0 Å². The Balaban J connectivity index is 1.57. The van der Waals surface area contributed by atoms with Gasteiger partial charge in [-0.05, 0) is 61.7 Å². The maximum Gasteiger partial charge on any atom is 0.261 e. The molecule has 0 atom stereocenters. The van der Waals surface area contributed by atoms with Gasteiger partial charge in [0.15, 0.2) is 11.7 Å². The van der Waals surface area contributed by atoms with E-state index in [1.165, 1.54) is 0 Å². The largest absolute Gasteiger partial charge is 0.440 e. The highest BCUT2D eigenvalue weighted by Crippen LogP contribution is 2.40. The van der Waals surface area contributed by atoms with E-state index in [2.05, 4.69) is 9.71 Å². The first-order valence-corrected chi connectivity index (χ1v) is 10.1. The topological polar surface area (TPSA) is 72.2 Å². The third-order valence-corrected chi connectivity index (χ3v) is 6.20. The molecule has 3 aromatic rings. The summed E-state index contributed by atoms with van der Waals surface area (Å²) in [4.78, 5) is 4.46. The summed E-state index contributed by atoms with van der Waals surface area (Å²) < 4.78 is 33.6. The van der Waals surface area contributed by atoms with E-state index in [-0.39, 0.29) is 4.90 Å². The number of halogens is 1. The van der Waals surface area contributed by atoms with Gasteiger partial charge in [-0.15, -0.1) is 0 Å². The summed E-state index contributed by atoms with van der Waals surface area (Å²) in [5.74, 6) is 1.85. The van der Waals surface area contributed by atoms with Gasteiger partial charge >= 0.3 is 0 Å². The van der Waals surface area contributed by atoms with Gasteiger partial charge in [-0.25, -0.2) is 13.4 Å². The molecule has 1 saturated carbocycles. The molecular formula is C19H17ClN2O3S. The van der Waals surface area contributed by atoms with E-state index in [1.807, 2.05) is 0 Å². The first kappa shape index (κ1) is 17.1. The highest BCUT2D eigenvalue weighted by Gasteiger charge is 2.28. The summed E-state index contributed by atoms with van der Waals surface area (Å²) in [5.41, 5.74) is 1.94. The lowest BCUT2D eigenvalue weighted by atomic mass is 10.2. The molecule has 1 N–H and O–H groups in total. The van der Waals surface area contributed by atoms with Crippen LogP contribution in [0, 0.1) is 6.92 Å². The van der Waals surface area contributed by atoms with Gasteiger partial charge < -0.3 is 4.42 Å². The number of hydrogen-bond donors (Lipinski definition) is 1. The molecule has 1 aromatic heterocycles. The second-order valence-electron chi connectivity index (χ2n) is 6.38. The molecule has 0 aliphatic heterocycles. The summed E-state index contributed by atoms with van der Waals surface area (Å²) in [6.07, 6.45) is 3.92. The summed E-state index contributed by atoms with van der Waals surface area (Å²) in [6.45, 7) is 1.77. The lowest BCUT2D eigenvalue weighted by Crippen LogP contribution is -2.13. The number of hydrogen-bond acceptors (Lipinski definition) is 4. The zero-order valence-electron chi connectivity index (χ0n) is 14.1. The fraction of sp³-hybridized carbons (Fsp3) is 0.211. The van der Waals surface area contributed by atoms with Crippen LogP contribution in [0.2, 0.25) is 5.02 Å². The zero-order chi connectivity index (χ0) is 18.3.